The number of hydrogen-bond donors (Lipinski definition) is 3. The summed E-state index contributed by atoms with van der Waals surface area (Å²) in [4.78, 5) is 0. The van der Waals surface area contributed by atoms with E-state index in [0.717, 1.165) is 0 Å². The van der Waals surface area contributed by atoms with Crippen LogP contribution in [0.25, 0.3) is 0 Å². The van der Waals surface area contributed by atoms with E-state index in [2.05, 4.69) is 0 Å². The number of hydrogen-bond acceptors (Lipinski definition) is 4. The summed E-state index contributed by atoms with van der Waals surface area (Å²) in [5.41, 5.74) is -0.794. The van der Waals surface area contributed by atoms with Gasteiger partial charge in [0.15, 0.2) is 0 Å². The molecule has 1 aliphatic heterocycles. The molecule has 12 heavy (non-hydrogen) atoms. The first kappa shape index (κ1) is 9.92. The molecule has 0 aromatic rings. The smallest absolute Gasteiger partial charge is 0.111 e. The molecule has 0 aromatic carbocycles. The Hall–Kier alpha value is -0.160. The van der Waals surface area contributed by atoms with Crippen molar-refractivity contribution in [1.29, 1.82) is 0 Å². The maximum atomic E-state index is 9.46. The molecule has 1 heterocycles. The molecule has 0 saturated carbocycles. The summed E-state index contributed by atoms with van der Waals surface area (Å²) in [6, 6.07) is 0. The van der Waals surface area contributed by atoms with Crippen molar-refractivity contribution in [3.05, 3.63) is 0 Å². The Kier molecular flexibility index (Phi) is 2.45. The SMILES string of the molecule is CC1OC(C)(C)C(O)[C@@H](O)[C@@H]1O. The van der Waals surface area contributed by atoms with Gasteiger partial charge in [-0.05, 0) is 20.8 Å². The van der Waals surface area contributed by atoms with Crippen molar-refractivity contribution >= 4 is 0 Å². The van der Waals surface area contributed by atoms with E-state index in [9.17, 15) is 15.3 Å². The number of rotatable bonds is 0. The van der Waals surface area contributed by atoms with Crippen molar-refractivity contribution in [2.75, 3.05) is 0 Å². The third-order valence-electron chi connectivity index (χ3n) is 2.36. The summed E-state index contributed by atoms with van der Waals surface area (Å²) < 4.78 is 5.31. The van der Waals surface area contributed by atoms with Crippen molar-refractivity contribution in [2.24, 2.45) is 0 Å². The molecule has 3 N–H and O–H groups in total. The first-order chi connectivity index (χ1) is 5.36. The van der Waals surface area contributed by atoms with Gasteiger partial charge in [-0.25, -0.2) is 0 Å². The second-order valence-corrected chi connectivity index (χ2v) is 3.85. The molecule has 1 rings (SSSR count). The fourth-order valence-electron chi connectivity index (χ4n) is 1.49. The maximum absolute atomic E-state index is 9.46. The van der Waals surface area contributed by atoms with Crippen molar-refractivity contribution in [1.82, 2.24) is 0 Å². The minimum Gasteiger partial charge on any atom is -0.388 e. The lowest BCUT2D eigenvalue weighted by Gasteiger charge is -2.44. The van der Waals surface area contributed by atoms with Crippen molar-refractivity contribution in [3.8, 4) is 0 Å². The number of ether oxygens (including phenoxy) is 1. The lowest BCUT2D eigenvalue weighted by molar-refractivity contribution is -0.251. The van der Waals surface area contributed by atoms with Crippen molar-refractivity contribution in [3.63, 3.8) is 0 Å². The fraction of sp³-hybridized carbons (Fsp3) is 1.00. The average Bonchev–Trinajstić information content (AvgIpc) is 1.97. The minimum absolute atomic E-state index is 0.446. The van der Waals surface area contributed by atoms with E-state index in [1.54, 1.807) is 20.8 Å². The molecule has 2 unspecified atom stereocenters. The summed E-state index contributed by atoms with van der Waals surface area (Å²) in [5, 5.41) is 28.1. The Balaban J connectivity index is 2.78. The molecule has 0 amide bonds. The van der Waals surface area contributed by atoms with E-state index < -0.39 is 30.0 Å². The third-order valence-corrected chi connectivity index (χ3v) is 2.36. The van der Waals surface area contributed by atoms with Gasteiger partial charge in [0.05, 0.1) is 11.7 Å². The normalized spacial score (nSPS) is 47.5. The van der Waals surface area contributed by atoms with Gasteiger partial charge in [-0.3, -0.25) is 0 Å². The molecule has 4 nitrogen and oxygen atoms in total. The Morgan fingerprint density at radius 2 is 1.58 bits per heavy atom. The molecule has 1 aliphatic rings. The van der Waals surface area contributed by atoms with Gasteiger partial charge >= 0.3 is 0 Å². The van der Waals surface area contributed by atoms with Gasteiger partial charge in [0.2, 0.25) is 0 Å². The van der Waals surface area contributed by atoms with E-state index >= 15 is 0 Å². The largest absolute Gasteiger partial charge is 0.388 e. The zero-order valence-corrected chi connectivity index (χ0v) is 7.56. The summed E-state index contributed by atoms with van der Waals surface area (Å²) in [6.07, 6.45) is -3.61. The van der Waals surface area contributed by atoms with Gasteiger partial charge in [0, 0.05) is 0 Å². The van der Waals surface area contributed by atoms with Crippen LogP contribution in [0.1, 0.15) is 20.8 Å². The molecular formula is C8H16O4. The lowest BCUT2D eigenvalue weighted by Crippen LogP contribution is -2.61. The zero-order chi connectivity index (χ0) is 9.52. The second kappa shape index (κ2) is 2.96. The first-order valence-corrected chi connectivity index (χ1v) is 4.08. The van der Waals surface area contributed by atoms with E-state index in [-0.39, 0.29) is 0 Å². The Morgan fingerprint density at radius 1 is 1.08 bits per heavy atom. The van der Waals surface area contributed by atoms with Crippen LogP contribution in [0, 0.1) is 0 Å². The number of aliphatic hydroxyl groups excluding tert-OH is 3. The maximum Gasteiger partial charge on any atom is 0.111 e. The molecule has 0 radical (unpaired) electrons. The molecular weight excluding hydrogens is 160 g/mol. The monoisotopic (exact) mass is 176 g/mol. The highest BCUT2D eigenvalue weighted by molar-refractivity contribution is 4.95. The van der Waals surface area contributed by atoms with Crippen LogP contribution < -0.4 is 0 Å². The first-order valence-electron chi connectivity index (χ1n) is 4.08. The van der Waals surface area contributed by atoms with Gasteiger partial charge in [-0.1, -0.05) is 0 Å². The highest BCUT2D eigenvalue weighted by atomic mass is 16.5. The molecule has 0 aliphatic carbocycles. The molecule has 1 fully saturated rings. The standard InChI is InChI=1S/C8H16O4/c1-4-5(9)6(10)7(11)8(2,3)12-4/h4-7,9-11H,1-3H3/t4?,5-,6+,7?/m1/s1. The highest BCUT2D eigenvalue weighted by Crippen LogP contribution is 2.28. The zero-order valence-electron chi connectivity index (χ0n) is 7.56. The van der Waals surface area contributed by atoms with E-state index in [1.165, 1.54) is 0 Å². The Labute approximate surface area is 71.8 Å². The van der Waals surface area contributed by atoms with E-state index in [1.807, 2.05) is 0 Å². The van der Waals surface area contributed by atoms with Crippen molar-refractivity contribution in [2.45, 2.75) is 50.8 Å². The molecule has 72 valence electrons. The average molecular weight is 176 g/mol. The van der Waals surface area contributed by atoms with Crippen LogP contribution in [0.3, 0.4) is 0 Å². The topological polar surface area (TPSA) is 69.9 Å². The van der Waals surface area contributed by atoms with Crippen LogP contribution >= 0.6 is 0 Å². The van der Waals surface area contributed by atoms with E-state index in [0.29, 0.717) is 0 Å². The summed E-state index contributed by atoms with van der Waals surface area (Å²) in [7, 11) is 0. The van der Waals surface area contributed by atoms with Crippen LogP contribution in [-0.2, 0) is 4.74 Å². The van der Waals surface area contributed by atoms with Crippen molar-refractivity contribution < 1.29 is 20.1 Å². The highest BCUT2D eigenvalue weighted by Gasteiger charge is 2.46. The van der Waals surface area contributed by atoms with Gasteiger partial charge in [-0.2, -0.15) is 0 Å². The summed E-state index contributed by atoms with van der Waals surface area (Å²) >= 11 is 0. The van der Waals surface area contributed by atoms with Crippen LogP contribution in [0.5, 0.6) is 0 Å². The fourth-order valence-corrected chi connectivity index (χ4v) is 1.49. The molecule has 4 heteroatoms. The van der Waals surface area contributed by atoms with Gasteiger partial charge in [0.1, 0.15) is 18.3 Å². The molecule has 0 spiro atoms. The Morgan fingerprint density at radius 3 is 2.08 bits per heavy atom. The molecule has 0 aromatic heterocycles. The van der Waals surface area contributed by atoms with Crippen LogP contribution in [0.15, 0.2) is 0 Å². The molecule has 1 saturated heterocycles. The van der Waals surface area contributed by atoms with Crippen LogP contribution in [0.2, 0.25) is 0 Å². The van der Waals surface area contributed by atoms with Gasteiger partial charge < -0.3 is 20.1 Å². The molecule has 0 bridgehead atoms. The quantitative estimate of drug-likeness (QED) is 0.455. The van der Waals surface area contributed by atoms with Gasteiger partial charge in [-0.15, -0.1) is 0 Å². The second-order valence-electron chi connectivity index (χ2n) is 3.85. The minimum atomic E-state index is -1.12. The Bertz CT molecular complexity index is 168. The molecule has 4 atom stereocenters. The lowest BCUT2D eigenvalue weighted by atomic mass is 9.88. The van der Waals surface area contributed by atoms with Crippen LogP contribution in [0.4, 0.5) is 0 Å². The summed E-state index contributed by atoms with van der Waals surface area (Å²) in [6.45, 7) is 5.04. The predicted octanol–water partition coefficient (Wildman–Crippen LogP) is -0.734. The third kappa shape index (κ3) is 1.47. The van der Waals surface area contributed by atoms with E-state index in [4.69, 9.17) is 4.74 Å². The number of aliphatic hydroxyl groups is 3. The predicted molar refractivity (Wildman–Crippen MR) is 42.6 cm³/mol. The van der Waals surface area contributed by atoms with Crippen LogP contribution in [-0.4, -0.2) is 45.3 Å². The van der Waals surface area contributed by atoms with Gasteiger partial charge in [0.25, 0.3) is 0 Å². The summed E-state index contributed by atoms with van der Waals surface area (Å²) in [5.74, 6) is 0.